The van der Waals surface area contributed by atoms with E-state index in [0.29, 0.717) is 13.1 Å². The van der Waals surface area contributed by atoms with Gasteiger partial charge >= 0.3 is 0 Å². The van der Waals surface area contributed by atoms with Crippen LogP contribution in [0, 0.1) is 11.3 Å². The normalized spacial score (nSPS) is 23.1. The highest BCUT2D eigenvalue weighted by molar-refractivity contribution is 7.10. The van der Waals surface area contributed by atoms with Gasteiger partial charge in [-0.25, -0.2) is 0 Å². The van der Waals surface area contributed by atoms with Crippen LogP contribution in [0.15, 0.2) is 11.4 Å². The fourth-order valence-electron chi connectivity index (χ4n) is 2.80. The molecule has 1 aromatic heterocycles. The van der Waals surface area contributed by atoms with Gasteiger partial charge in [-0.05, 0) is 23.4 Å². The number of carbonyl (C=O) groups is 1. The van der Waals surface area contributed by atoms with Crippen LogP contribution >= 0.6 is 11.3 Å². The maximum Gasteiger partial charge on any atom is 0.237 e. The Hall–Kier alpha value is -1.42. The van der Waals surface area contributed by atoms with Crippen molar-refractivity contribution >= 4 is 17.2 Å². The molecule has 106 valence electrons. The summed E-state index contributed by atoms with van der Waals surface area (Å²) in [6, 6.07) is 4.20. The largest absolute Gasteiger partial charge is 0.337 e. The molecule has 0 aliphatic carbocycles. The summed E-state index contributed by atoms with van der Waals surface area (Å²) in [7, 11) is 0. The third-order valence-electron chi connectivity index (χ3n) is 4.00. The summed E-state index contributed by atoms with van der Waals surface area (Å²) in [4.78, 5) is 17.7. The molecule has 20 heavy (non-hydrogen) atoms. The van der Waals surface area contributed by atoms with Crippen LogP contribution in [0.25, 0.3) is 0 Å². The molecule has 3 rings (SSSR count). The number of hydrogen-bond donors (Lipinski definition) is 1. The van der Waals surface area contributed by atoms with E-state index in [0.717, 1.165) is 32.6 Å². The van der Waals surface area contributed by atoms with E-state index in [1.807, 2.05) is 9.80 Å². The van der Waals surface area contributed by atoms with Crippen molar-refractivity contribution in [3.8, 4) is 6.07 Å². The highest BCUT2D eigenvalue weighted by atomic mass is 32.1. The minimum atomic E-state index is -0.186. The fourth-order valence-corrected chi connectivity index (χ4v) is 3.69. The second-order valence-electron chi connectivity index (χ2n) is 5.25. The monoisotopic (exact) mass is 290 g/mol. The predicted molar refractivity (Wildman–Crippen MR) is 77.3 cm³/mol. The van der Waals surface area contributed by atoms with Crippen molar-refractivity contribution in [2.75, 3.05) is 32.7 Å². The van der Waals surface area contributed by atoms with Gasteiger partial charge in [-0.2, -0.15) is 5.26 Å². The van der Waals surface area contributed by atoms with Crippen LogP contribution in [0.3, 0.4) is 0 Å². The summed E-state index contributed by atoms with van der Waals surface area (Å²) in [5.41, 5.74) is 1.28. The number of fused-ring (bicyclic) bond motifs is 1. The molecular formula is C14H18N4OS. The molecular weight excluding hydrogens is 272 g/mol. The van der Waals surface area contributed by atoms with E-state index >= 15 is 0 Å². The minimum absolute atomic E-state index is 0.143. The summed E-state index contributed by atoms with van der Waals surface area (Å²) < 4.78 is 0. The number of thiophene rings is 1. The summed E-state index contributed by atoms with van der Waals surface area (Å²) in [6.07, 6.45) is 0.960. The van der Waals surface area contributed by atoms with Gasteiger partial charge in [0.1, 0.15) is 6.04 Å². The molecule has 1 aromatic rings. The molecule has 1 saturated heterocycles. The van der Waals surface area contributed by atoms with E-state index < -0.39 is 0 Å². The van der Waals surface area contributed by atoms with Crippen molar-refractivity contribution < 1.29 is 4.79 Å². The number of piperazine rings is 1. The highest BCUT2D eigenvalue weighted by Gasteiger charge is 2.27. The average Bonchev–Trinajstić information content (AvgIpc) is 2.95. The van der Waals surface area contributed by atoms with E-state index in [2.05, 4.69) is 22.8 Å². The fraction of sp³-hybridized carbons (Fsp3) is 0.571. The molecule has 0 saturated carbocycles. The first kappa shape index (κ1) is 13.6. The van der Waals surface area contributed by atoms with Gasteiger partial charge in [-0.15, -0.1) is 11.3 Å². The number of rotatable bonds is 2. The Balaban J connectivity index is 1.61. The lowest BCUT2D eigenvalue weighted by atomic mass is 10.1. The molecule has 0 spiro atoms. The lowest BCUT2D eigenvalue weighted by Gasteiger charge is -2.34. The van der Waals surface area contributed by atoms with Gasteiger partial charge in [0.15, 0.2) is 0 Å². The maximum atomic E-state index is 12.4. The summed E-state index contributed by atoms with van der Waals surface area (Å²) in [5.74, 6) is 0.143. The van der Waals surface area contributed by atoms with Gasteiger partial charge in [-0.3, -0.25) is 9.69 Å². The van der Waals surface area contributed by atoms with Crippen molar-refractivity contribution in [3.63, 3.8) is 0 Å². The van der Waals surface area contributed by atoms with E-state index in [4.69, 9.17) is 5.26 Å². The van der Waals surface area contributed by atoms with Gasteiger partial charge in [0.25, 0.3) is 0 Å². The Bertz CT molecular complexity index is 536. The molecule has 2 aliphatic rings. The highest BCUT2D eigenvalue weighted by Crippen LogP contribution is 2.24. The third kappa shape index (κ3) is 2.70. The standard InChI is InChI=1S/C14H18N4OS/c15-7-12-8-16-3-5-17(12)10-14(19)18-4-1-13-11(9-18)2-6-20-13/h2,6,12,16H,1,3-5,8-10H2. The van der Waals surface area contributed by atoms with Crippen LogP contribution in [-0.4, -0.2) is 54.5 Å². The summed E-state index contributed by atoms with van der Waals surface area (Å²) in [6.45, 7) is 4.15. The van der Waals surface area contributed by atoms with E-state index in [9.17, 15) is 4.79 Å². The van der Waals surface area contributed by atoms with E-state index in [-0.39, 0.29) is 11.9 Å². The van der Waals surface area contributed by atoms with Crippen LogP contribution in [0.2, 0.25) is 0 Å². The first-order chi connectivity index (χ1) is 9.78. The Morgan fingerprint density at radius 2 is 2.45 bits per heavy atom. The Morgan fingerprint density at radius 1 is 1.55 bits per heavy atom. The van der Waals surface area contributed by atoms with Crippen molar-refractivity contribution in [3.05, 3.63) is 21.9 Å². The quantitative estimate of drug-likeness (QED) is 0.858. The first-order valence-corrected chi connectivity index (χ1v) is 7.83. The molecule has 1 fully saturated rings. The SMILES string of the molecule is N#CC1CNCCN1CC(=O)N1CCc2sccc2C1. The van der Waals surface area contributed by atoms with Crippen molar-refractivity contribution in [2.24, 2.45) is 0 Å². The van der Waals surface area contributed by atoms with E-state index in [1.54, 1.807) is 11.3 Å². The van der Waals surface area contributed by atoms with Gasteiger partial charge in [0, 0.05) is 37.6 Å². The molecule has 0 bridgehead atoms. The van der Waals surface area contributed by atoms with Crippen LogP contribution in [-0.2, 0) is 17.8 Å². The van der Waals surface area contributed by atoms with Crippen LogP contribution in [0.5, 0.6) is 0 Å². The summed E-state index contributed by atoms with van der Waals surface area (Å²) in [5, 5.41) is 14.4. The Kier molecular flexibility index (Phi) is 4.01. The van der Waals surface area contributed by atoms with Crippen molar-refractivity contribution in [1.82, 2.24) is 15.1 Å². The second-order valence-corrected chi connectivity index (χ2v) is 6.25. The zero-order chi connectivity index (χ0) is 13.9. The maximum absolute atomic E-state index is 12.4. The lowest BCUT2D eigenvalue weighted by molar-refractivity contribution is -0.133. The number of nitriles is 1. The zero-order valence-electron chi connectivity index (χ0n) is 11.3. The lowest BCUT2D eigenvalue weighted by Crippen LogP contribution is -2.54. The molecule has 5 nitrogen and oxygen atoms in total. The predicted octanol–water partition coefficient (Wildman–Crippen LogP) is 0.430. The molecule has 3 heterocycles. The number of hydrogen-bond acceptors (Lipinski definition) is 5. The summed E-state index contributed by atoms with van der Waals surface area (Å²) >= 11 is 1.78. The number of carbonyl (C=O) groups excluding carboxylic acids is 1. The molecule has 1 N–H and O–H groups in total. The molecule has 1 unspecified atom stereocenters. The molecule has 1 amide bonds. The topological polar surface area (TPSA) is 59.4 Å². The average molecular weight is 290 g/mol. The van der Waals surface area contributed by atoms with Crippen LogP contribution in [0.4, 0.5) is 0 Å². The molecule has 1 atom stereocenters. The second kappa shape index (κ2) is 5.92. The van der Waals surface area contributed by atoms with Crippen LogP contribution in [0.1, 0.15) is 10.4 Å². The third-order valence-corrected chi connectivity index (χ3v) is 5.02. The molecule has 6 heteroatoms. The van der Waals surface area contributed by atoms with Gasteiger partial charge in [0.2, 0.25) is 5.91 Å². The van der Waals surface area contributed by atoms with Crippen molar-refractivity contribution in [2.45, 2.75) is 19.0 Å². The number of nitrogens with zero attached hydrogens (tertiary/aromatic N) is 3. The minimum Gasteiger partial charge on any atom is -0.337 e. The van der Waals surface area contributed by atoms with Gasteiger partial charge < -0.3 is 10.2 Å². The molecule has 2 aliphatic heterocycles. The van der Waals surface area contributed by atoms with E-state index in [1.165, 1.54) is 10.4 Å². The molecule has 0 aromatic carbocycles. The molecule has 0 radical (unpaired) electrons. The van der Waals surface area contributed by atoms with Crippen molar-refractivity contribution in [1.29, 1.82) is 5.26 Å². The Morgan fingerprint density at radius 3 is 3.30 bits per heavy atom. The Labute approximate surface area is 122 Å². The zero-order valence-corrected chi connectivity index (χ0v) is 12.2. The van der Waals surface area contributed by atoms with Gasteiger partial charge in [0.05, 0.1) is 12.6 Å². The number of nitrogens with one attached hydrogen (secondary N) is 1. The first-order valence-electron chi connectivity index (χ1n) is 6.95. The smallest absolute Gasteiger partial charge is 0.237 e. The van der Waals surface area contributed by atoms with Gasteiger partial charge in [-0.1, -0.05) is 0 Å². The van der Waals surface area contributed by atoms with Crippen LogP contribution < -0.4 is 5.32 Å². The number of amides is 1.